The lowest BCUT2D eigenvalue weighted by molar-refractivity contribution is -0.389. The number of nitrogens with zero attached hydrogens (tertiary/aromatic N) is 3. The Morgan fingerprint density at radius 1 is 1.48 bits per heavy atom. The maximum atomic E-state index is 11.3. The van der Waals surface area contributed by atoms with Crippen molar-refractivity contribution in [2.75, 3.05) is 0 Å². The first kappa shape index (κ1) is 16.5. The van der Waals surface area contributed by atoms with Gasteiger partial charge in [0, 0.05) is 9.23 Å². The SMILES string of the molecule is CC1=CC(Br)=CCC1(C)Sc1nc(Cl)nc(C)c1[N+](=O)[O-]. The van der Waals surface area contributed by atoms with E-state index in [0.717, 1.165) is 16.5 Å². The lowest BCUT2D eigenvalue weighted by atomic mass is 9.94. The molecule has 0 saturated carbocycles. The molecule has 1 unspecified atom stereocenters. The first-order valence-electron chi connectivity index (χ1n) is 6.15. The quantitative estimate of drug-likeness (QED) is 0.320. The average Bonchev–Trinajstić information content (AvgIpc) is 2.33. The molecule has 1 atom stereocenters. The van der Waals surface area contributed by atoms with Crippen molar-refractivity contribution in [2.24, 2.45) is 0 Å². The van der Waals surface area contributed by atoms with Gasteiger partial charge in [-0.25, -0.2) is 9.97 Å². The molecule has 0 spiro atoms. The van der Waals surface area contributed by atoms with Gasteiger partial charge in [0.15, 0.2) is 5.03 Å². The van der Waals surface area contributed by atoms with E-state index in [1.807, 2.05) is 26.0 Å². The standard InChI is InChI=1S/C13H13BrClN3O2S/c1-7-6-9(14)4-5-13(7,3)21-11-10(18(19)20)8(2)16-12(15)17-11/h4,6H,5H2,1-3H3. The number of allylic oxidation sites excluding steroid dienone is 3. The minimum Gasteiger partial charge on any atom is -0.258 e. The Morgan fingerprint density at radius 3 is 2.71 bits per heavy atom. The number of rotatable bonds is 3. The fourth-order valence-corrected chi connectivity index (χ4v) is 4.03. The highest BCUT2D eigenvalue weighted by Gasteiger charge is 2.34. The second-order valence-electron chi connectivity index (χ2n) is 4.94. The number of hydrogen-bond donors (Lipinski definition) is 0. The van der Waals surface area contributed by atoms with Crippen molar-refractivity contribution in [1.29, 1.82) is 0 Å². The molecule has 1 aliphatic carbocycles. The van der Waals surface area contributed by atoms with Gasteiger partial charge in [0.1, 0.15) is 5.69 Å². The molecule has 1 aromatic rings. The Kier molecular flexibility index (Phi) is 4.75. The van der Waals surface area contributed by atoms with Gasteiger partial charge in [0.25, 0.3) is 0 Å². The maximum absolute atomic E-state index is 11.3. The van der Waals surface area contributed by atoms with Crippen LogP contribution >= 0.6 is 39.3 Å². The molecule has 0 bridgehead atoms. The average molecular weight is 391 g/mol. The fraction of sp³-hybridized carbons (Fsp3) is 0.385. The molecule has 1 heterocycles. The van der Waals surface area contributed by atoms with Crippen LogP contribution in [0.2, 0.25) is 5.28 Å². The van der Waals surface area contributed by atoms with E-state index in [0.29, 0.717) is 5.03 Å². The number of thioether (sulfide) groups is 1. The van der Waals surface area contributed by atoms with E-state index in [9.17, 15) is 10.1 Å². The minimum atomic E-state index is -0.453. The fourth-order valence-electron chi connectivity index (χ4n) is 2.00. The molecule has 0 fully saturated rings. The van der Waals surface area contributed by atoms with Crippen LogP contribution in [0.5, 0.6) is 0 Å². The second kappa shape index (κ2) is 6.06. The topological polar surface area (TPSA) is 68.9 Å². The van der Waals surface area contributed by atoms with Crippen LogP contribution in [0.4, 0.5) is 5.69 Å². The molecule has 1 aliphatic rings. The third-order valence-corrected chi connectivity index (χ3v) is 5.52. The van der Waals surface area contributed by atoms with Gasteiger partial charge >= 0.3 is 5.69 Å². The van der Waals surface area contributed by atoms with Gasteiger partial charge < -0.3 is 0 Å². The van der Waals surface area contributed by atoms with E-state index in [2.05, 4.69) is 25.9 Å². The smallest absolute Gasteiger partial charge is 0.258 e. The van der Waals surface area contributed by atoms with Crippen molar-refractivity contribution in [2.45, 2.75) is 37.0 Å². The Bertz CT molecular complexity index is 678. The Balaban J connectivity index is 2.45. The zero-order chi connectivity index (χ0) is 15.8. The van der Waals surface area contributed by atoms with Crippen molar-refractivity contribution in [3.05, 3.63) is 43.3 Å². The summed E-state index contributed by atoms with van der Waals surface area (Å²) in [5, 5.41) is 11.6. The molecule has 2 rings (SSSR count). The molecule has 0 aromatic carbocycles. The Hall–Kier alpha value is -0.920. The van der Waals surface area contributed by atoms with Crippen LogP contribution in [0.15, 0.2) is 27.2 Å². The molecule has 21 heavy (non-hydrogen) atoms. The van der Waals surface area contributed by atoms with E-state index in [1.165, 1.54) is 11.8 Å². The normalized spacial score (nSPS) is 21.8. The van der Waals surface area contributed by atoms with Crippen LogP contribution < -0.4 is 0 Å². The number of hydrogen-bond acceptors (Lipinski definition) is 5. The van der Waals surface area contributed by atoms with Crippen molar-refractivity contribution >= 4 is 45.0 Å². The van der Waals surface area contributed by atoms with E-state index in [-0.39, 0.29) is 21.4 Å². The van der Waals surface area contributed by atoms with E-state index >= 15 is 0 Å². The Labute approximate surface area is 140 Å². The van der Waals surface area contributed by atoms with Gasteiger partial charge in [-0.2, -0.15) is 0 Å². The van der Waals surface area contributed by atoms with Crippen LogP contribution in [0.1, 0.15) is 26.0 Å². The summed E-state index contributed by atoms with van der Waals surface area (Å²) in [6, 6.07) is 0. The monoisotopic (exact) mass is 389 g/mol. The van der Waals surface area contributed by atoms with Gasteiger partial charge in [0.05, 0.1) is 4.92 Å². The zero-order valence-electron chi connectivity index (χ0n) is 11.7. The third-order valence-electron chi connectivity index (χ3n) is 3.38. The highest BCUT2D eigenvalue weighted by Crippen LogP contribution is 2.46. The summed E-state index contributed by atoms with van der Waals surface area (Å²) in [6.07, 6.45) is 4.80. The van der Waals surface area contributed by atoms with E-state index in [4.69, 9.17) is 11.6 Å². The van der Waals surface area contributed by atoms with Crippen LogP contribution in [0.3, 0.4) is 0 Å². The maximum Gasteiger partial charge on any atom is 0.322 e. The van der Waals surface area contributed by atoms with Crippen LogP contribution in [-0.4, -0.2) is 19.6 Å². The molecule has 8 heteroatoms. The number of aryl methyl sites for hydroxylation is 1. The molecule has 5 nitrogen and oxygen atoms in total. The molecule has 0 saturated heterocycles. The summed E-state index contributed by atoms with van der Waals surface area (Å²) in [4.78, 5) is 18.7. The van der Waals surface area contributed by atoms with Crippen molar-refractivity contribution in [3.8, 4) is 0 Å². The first-order chi connectivity index (χ1) is 9.73. The molecular weight excluding hydrogens is 378 g/mol. The summed E-state index contributed by atoms with van der Waals surface area (Å²) < 4.78 is 0.719. The lowest BCUT2D eigenvalue weighted by Crippen LogP contribution is -2.23. The summed E-state index contributed by atoms with van der Waals surface area (Å²) >= 11 is 10.7. The first-order valence-corrected chi connectivity index (χ1v) is 8.13. The van der Waals surface area contributed by atoms with Gasteiger partial charge in [-0.1, -0.05) is 39.3 Å². The van der Waals surface area contributed by atoms with E-state index < -0.39 is 4.92 Å². The molecule has 0 amide bonds. The predicted molar refractivity (Wildman–Crippen MR) is 88.1 cm³/mol. The summed E-state index contributed by atoms with van der Waals surface area (Å²) in [7, 11) is 0. The molecule has 1 aromatic heterocycles. The van der Waals surface area contributed by atoms with E-state index in [1.54, 1.807) is 6.92 Å². The molecule has 112 valence electrons. The largest absolute Gasteiger partial charge is 0.322 e. The molecule has 0 radical (unpaired) electrons. The van der Waals surface area contributed by atoms with Crippen LogP contribution in [0.25, 0.3) is 0 Å². The highest BCUT2D eigenvalue weighted by atomic mass is 79.9. The number of nitro groups is 1. The number of aromatic nitrogens is 2. The van der Waals surface area contributed by atoms with Gasteiger partial charge in [-0.3, -0.25) is 10.1 Å². The Morgan fingerprint density at radius 2 is 2.14 bits per heavy atom. The van der Waals surface area contributed by atoms with Crippen LogP contribution in [-0.2, 0) is 0 Å². The predicted octanol–water partition coefficient (Wildman–Crippen LogP) is 4.83. The van der Waals surface area contributed by atoms with Gasteiger partial charge in [-0.15, -0.1) is 0 Å². The second-order valence-corrected chi connectivity index (χ2v) is 7.69. The zero-order valence-corrected chi connectivity index (χ0v) is 14.8. The van der Waals surface area contributed by atoms with Gasteiger partial charge in [0.2, 0.25) is 5.28 Å². The summed E-state index contributed by atoms with van der Waals surface area (Å²) in [5.41, 5.74) is 1.32. The van der Waals surface area contributed by atoms with Gasteiger partial charge in [-0.05, 0) is 44.9 Å². The molecular formula is C13H13BrClN3O2S. The lowest BCUT2D eigenvalue weighted by Gasteiger charge is -2.31. The summed E-state index contributed by atoms with van der Waals surface area (Å²) in [5.74, 6) is 0. The molecule has 0 N–H and O–H groups in total. The van der Waals surface area contributed by atoms with Crippen molar-refractivity contribution in [3.63, 3.8) is 0 Å². The minimum absolute atomic E-state index is 0.0263. The third kappa shape index (κ3) is 3.46. The number of halogens is 2. The van der Waals surface area contributed by atoms with Crippen LogP contribution in [0, 0.1) is 17.0 Å². The molecule has 0 aliphatic heterocycles. The van der Waals surface area contributed by atoms with Crippen molar-refractivity contribution < 1.29 is 4.92 Å². The summed E-state index contributed by atoms with van der Waals surface area (Å²) in [6.45, 7) is 5.61. The van der Waals surface area contributed by atoms with Crippen molar-refractivity contribution in [1.82, 2.24) is 9.97 Å². The highest BCUT2D eigenvalue weighted by molar-refractivity contribution is 9.11.